The Balaban J connectivity index is 1.98. The summed E-state index contributed by atoms with van der Waals surface area (Å²) in [6.45, 7) is 2.11. The van der Waals surface area contributed by atoms with Crippen LogP contribution in [0.4, 0.5) is 0 Å². The fourth-order valence-electron chi connectivity index (χ4n) is 3.69. The second-order valence-electron chi connectivity index (χ2n) is 6.51. The van der Waals surface area contributed by atoms with Gasteiger partial charge in [-0.05, 0) is 49.6 Å². The number of benzene rings is 2. The summed E-state index contributed by atoms with van der Waals surface area (Å²) in [5, 5.41) is 4.65. The minimum absolute atomic E-state index is 0.313. The van der Waals surface area contributed by atoms with Gasteiger partial charge < -0.3 is 14.2 Å². The first-order valence-corrected chi connectivity index (χ1v) is 9.27. The number of esters is 1. The molecule has 0 saturated carbocycles. The Hall–Kier alpha value is -3.28. The van der Waals surface area contributed by atoms with Crippen molar-refractivity contribution < 1.29 is 19.0 Å². The van der Waals surface area contributed by atoms with Gasteiger partial charge in [-0.15, -0.1) is 0 Å². The molecule has 0 N–H and O–H groups in total. The summed E-state index contributed by atoms with van der Waals surface area (Å²) >= 11 is 0. The second-order valence-corrected chi connectivity index (χ2v) is 6.51. The average Bonchev–Trinajstić information content (AvgIpc) is 3.13. The van der Waals surface area contributed by atoms with E-state index in [0.29, 0.717) is 30.2 Å². The zero-order chi connectivity index (χ0) is 19.7. The Morgan fingerprint density at radius 3 is 2.46 bits per heavy atom. The number of carbonyl (C=O) groups is 1. The van der Waals surface area contributed by atoms with E-state index in [4.69, 9.17) is 14.2 Å². The number of aryl methyl sites for hydroxylation is 1. The minimum atomic E-state index is -0.391. The maximum Gasteiger partial charge on any atom is 0.359 e. The molecule has 0 aliphatic heterocycles. The van der Waals surface area contributed by atoms with E-state index in [1.54, 1.807) is 21.1 Å². The molecule has 0 unspecified atom stereocenters. The third-order valence-corrected chi connectivity index (χ3v) is 4.96. The Morgan fingerprint density at radius 1 is 1.07 bits per heavy atom. The van der Waals surface area contributed by atoms with E-state index in [9.17, 15) is 4.79 Å². The van der Waals surface area contributed by atoms with Crippen LogP contribution in [-0.2, 0) is 17.6 Å². The third-order valence-electron chi connectivity index (χ3n) is 4.96. The van der Waals surface area contributed by atoms with Gasteiger partial charge in [0.05, 0.1) is 32.2 Å². The average molecular weight is 378 g/mol. The van der Waals surface area contributed by atoms with Crippen molar-refractivity contribution >= 4 is 5.97 Å². The molecule has 0 fully saturated rings. The summed E-state index contributed by atoms with van der Waals surface area (Å²) in [5.74, 6) is 0.950. The second kappa shape index (κ2) is 7.38. The zero-order valence-corrected chi connectivity index (χ0v) is 16.2. The summed E-state index contributed by atoms with van der Waals surface area (Å²) < 4.78 is 18.0. The van der Waals surface area contributed by atoms with Gasteiger partial charge in [0.15, 0.2) is 17.2 Å². The molecule has 0 radical (unpaired) electrons. The summed E-state index contributed by atoms with van der Waals surface area (Å²) in [5.41, 5.74) is 5.19. The van der Waals surface area contributed by atoms with E-state index in [0.717, 1.165) is 34.5 Å². The Kier molecular flexibility index (Phi) is 4.77. The first-order chi connectivity index (χ1) is 13.7. The number of rotatable bonds is 5. The fourth-order valence-corrected chi connectivity index (χ4v) is 3.69. The van der Waals surface area contributed by atoms with Crippen molar-refractivity contribution in [3.63, 3.8) is 0 Å². The highest BCUT2D eigenvalue weighted by Crippen LogP contribution is 2.42. The molecule has 0 amide bonds. The minimum Gasteiger partial charge on any atom is -0.493 e. The van der Waals surface area contributed by atoms with E-state index in [1.807, 2.05) is 47.1 Å². The molecular formula is C22H22N2O4. The molecule has 4 rings (SSSR count). The maximum atomic E-state index is 12.6. The van der Waals surface area contributed by atoms with Gasteiger partial charge in [-0.25, -0.2) is 9.48 Å². The van der Waals surface area contributed by atoms with Crippen LogP contribution in [0.1, 0.15) is 28.5 Å². The lowest BCUT2D eigenvalue weighted by atomic mass is 9.88. The fraction of sp³-hybridized carbons (Fsp3) is 0.273. The summed E-state index contributed by atoms with van der Waals surface area (Å²) in [6.07, 6.45) is 1.49. The van der Waals surface area contributed by atoms with Crippen LogP contribution in [0.5, 0.6) is 11.5 Å². The summed E-state index contributed by atoms with van der Waals surface area (Å²) in [7, 11) is 3.25. The Morgan fingerprint density at radius 2 is 1.79 bits per heavy atom. The Labute approximate surface area is 163 Å². The normalized spacial score (nSPS) is 12.1. The van der Waals surface area contributed by atoms with Crippen molar-refractivity contribution in [3.8, 4) is 28.4 Å². The van der Waals surface area contributed by atoms with Crippen LogP contribution >= 0.6 is 0 Å². The first kappa shape index (κ1) is 18.1. The van der Waals surface area contributed by atoms with Crippen molar-refractivity contribution in [2.45, 2.75) is 19.8 Å². The van der Waals surface area contributed by atoms with Gasteiger partial charge in [0.2, 0.25) is 0 Å². The molecule has 1 aliphatic rings. The number of hydrogen-bond acceptors (Lipinski definition) is 5. The van der Waals surface area contributed by atoms with E-state index in [-0.39, 0.29) is 0 Å². The van der Waals surface area contributed by atoms with E-state index >= 15 is 0 Å². The SMILES string of the molecule is CCOC(=O)c1nn(-c2ccccc2)c2c1CCc1cc(OC)c(OC)cc1-2. The number of fused-ring (bicyclic) bond motifs is 3. The maximum absolute atomic E-state index is 12.6. The molecule has 28 heavy (non-hydrogen) atoms. The highest BCUT2D eigenvalue weighted by molar-refractivity contribution is 5.92. The van der Waals surface area contributed by atoms with Gasteiger partial charge in [0.1, 0.15) is 0 Å². The molecule has 6 nitrogen and oxygen atoms in total. The number of para-hydroxylation sites is 1. The van der Waals surface area contributed by atoms with Crippen LogP contribution in [0, 0.1) is 0 Å². The number of ether oxygens (including phenoxy) is 3. The van der Waals surface area contributed by atoms with Crippen LogP contribution < -0.4 is 9.47 Å². The summed E-state index contributed by atoms with van der Waals surface area (Å²) in [6, 6.07) is 13.8. The lowest BCUT2D eigenvalue weighted by Crippen LogP contribution is -2.11. The van der Waals surface area contributed by atoms with Crippen molar-refractivity contribution in [1.29, 1.82) is 0 Å². The molecule has 1 heterocycles. The number of carbonyl (C=O) groups excluding carboxylic acids is 1. The molecule has 1 aromatic heterocycles. The van der Waals surface area contributed by atoms with Crippen molar-refractivity contribution in [2.75, 3.05) is 20.8 Å². The topological polar surface area (TPSA) is 62.6 Å². The van der Waals surface area contributed by atoms with E-state index < -0.39 is 5.97 Å². The molecule has 0 bridgehead atoms. The van der Waals surface area contributed by atoms with Crippen LogP contribution in [-0.4, -0.2) is 36.6 Å². The predicted molar refractivity (Wildman–Crippen MR) is 105 cm³/mol. The van der Waals surface area contributed by atoms with Gasteiger partial charge in [-0.2, -0.15) is 5.10 Å². The Bertz CT molecular complexity index is 1020. The standard InChI is InChI=1S/C22H22N2O4/c1-4-28-22(25)20-16-11-10-14-12-18(26-2)19(27-3)13-17(14)21(16)24(23-20)15-8-6-5-7-9-15/h5-9,12-13H,4,10-11H2,1-3H3. The molecule has 0 spiro atoms. The molecular weight excluding hydrogens is 356 g/mol. The molecule has 144 valence electrons. The van der Waals surface area contributed by atoms with Gasteiger partial charge in [0.25, 0.3) is 0 Å². The van der Waals surface area contributed by atoms with Gasteiger partial charge in [0, 0.05) is 11.1 Å². The lowest BCUT2D eigenvalue weighted by molar-refractivity contribution is 0.0517. The smallest absolute Gasteiger partial charge is 0.359 e. The van der Waals surface area contributed by atoms with Crippen molar-refractivity contribution in [2.24, 2.45) is 0 Å². The van der Waals surface area contributed by atoms with Crippen molar-refractivity contribution in [1.82, 2.24) is 9.78 Å². The third kappa shape index (κ3) is 2.91. The van der Waals surface area contributed by atoms with Crippen LogP contribution in [0.3, 0.4) is 0 Å². The lowest BCUT2D eigenvalue weighted by Gasteiger charge is -2.21. The molecule has 0 saturated heterocycles. The molecule has 2 aromatic carbocycles. The quantitative estimate of drug-likeness (QED) is 0.632. The van der Waals surface area contributed by atoms with Crippen LogP contribution in [0.2, 0.25) is 0 Å². The van der Waals surface area contributed by atoms with Crippen LogP contribution in [0.25, 0.3) is 16.9 Å². The zero-order valence-electron chi connectivity index (χ0n) is 16.2. The highest BCUT2D eigenvalue weighted by atomic mass is 16.5. The van der Waals surface area contributed by atoms with Gasteiger partial charge >= 0.3 is 5.97 Å². The number of hydrogen-bond donors (Lipinski definition) is 0. The monoisotopic (exact) mass is 378 g/mol. The molecule has 0 atom stereocenters. The van der Waals surface area contributed by atoms with Crippen molar-refractivity contribution in [3.05, 3.63) is 59.3 Å². The van der Waals surface area contributed by atoms with Gasteiger partial charge in [-0.1, -0.05) is 18.2 Å². The largest absolute Gasteiger partial charge is 0.493 e. The molecule has 3 aromatic rings. The highest BCUT2D eigenvalue weighted by Gasteiger charge is 2.30. The molecule has 1 aliphatic carbocycles. The first-order valence-electron chi connectivity index (χ1n) is 9.27. The molecule has 6 heteroatoms. The van der Waals surface area contributed by atoms with E-state index in [1.165, 1.54) is 0 Å². The number of aromatic nitrogens is 2. The summed E-state index contributed by atoms with van der Waals surface area (Å²) in [4.78, 5) is 12.6. The predicted octanol–water partition coefficient (Wildman–Crippen LogP) is 3.83. The van der Waals surface area contributed by atoms with E-state index in [2.05, 4.69) is 5.10 Å². The number of nitrogens with zero attached hydrogens (tertiary/aromatic N) is 2. The van der Waals surface area contributed by atoms with Crippen LogP contribution in [0.15, 0.2) is 42.5 Å². The number of methoxy groups -OCH3 is 2. The van der Waals surface area contributed by atoms with Gasteiger partial charge in [-0.3, -0.25) is 0 Å².